The highest BCUT2D eigenvalue weighted by atomic mass is 32.2. The van der Waals surface area contributed by atoms with Gasteiger partial charge in [0.1, 0.15) is 11.4 Å². The lowest BCUT2D eigenvalue weighted by atomic mass is 10.2. The molecular formula is C18H19N3O2S2. The van der Waals surface area contributed by atoms with Gasteiger partial charge in [0, 0.05) is 22.1 Å². The summed E-state index contributed by atoms with van der Waals surface area (Å²) in [6, 6.07) is 10.0. The number of nitrogens with one attached hydrogen (secondary N) is 1. The van der Waals surface area contributed by atoms with Crippen LogP contribution < -0.4 is 10.9 Å². The molecule has 0 saturated carbocycles. The van der Waals surface area contributed by atoms with Gasteiger partial charge in [0.05, 0.1) is 11.7 Å². The summed E-state index contributed by atoms with van der Waals surface area (Å²) in [7, 11) is 0. The highest BCUT2D eigenvalue weighted by molar-refractivity contribution is 7.99. The van der Waals surface area contributed by atoms with E-state index in [1.54, 1.807) is 11.8 Å². The number of thioether (sulfide) groups is 1. The van der Waals surface area contributed by atoms with Gasteiger partial charge >= 0.3 is 0 Å². The molecule has 1 aromatic carbocycles. The van der Waals surface area contributed by atoms with Crippen molar-refractivity contribution in [3.05, 3.63) is 57.5 Å². The average molecular weight is 374 g/mol. The molecule has 0 aliphatic heterocycles. The van der Waals surface area contributed by atoms with Gasteiger partial charge in [0.2, 0.25) is 5.91 Å². The molecule has 3 rings (SSSR count). The molecule has 0 unspecified atom stereocenters. The molecule has 2 heterocycles. The van der Waals surface area contributed by atoms with Crippen LogP contribution >= 0.6 is 23.1 Å². The van der Waals surface area contributed by atoms with Crippen LogP contribution in [-0.4, -0.2) is 27.8 Å². The lowest BCUT2D eigenvalue weighted by molar-refractivity contribution is -0.121. The van der Waals surface area contributed by atoms with Gasteiger partial charge in [0.25, 0.3) is 5.56 Å². The summed E-state index contributed by atoms with van der Waals surface area (Å²) in [5, 5.41) is 3.47. The zero-order valence-electron chi connectivity index (χ0n) is 14.1. The number of aryl methyl sites for hydroxylation is 2. The molecule has 0 bridgehead atoms. The van der Waals surface area contributed by atoms with Crippen molar-refractivity contribution < 1.29 is 4.79 Å². The van der Waals surface area contributed by atoms with Crippen LogP contribution in [0.15, 0.2) is 46.3 Å². The highest BCUT2D eigenvalue weighted by Crippen LogP contribution is 2.25. The standard InChI is InChI=1S/C18H19N3O2S2/c1-12-13(2)25-17-16(12)18(23)21(11-20-17)10-15(22)19-8-9-24-14-6-4-3-5-7-14/h3-7,11H,8-10H2,1-2H3,(H,19,22). The van der Waals surface area contributed by atoms with Gasteiger partial charge < -0.3 is 5.32 Å². The Kier molecular flexibility index (Phi) is 5.55. The number of fused-ring (bicyclic) bond motifs is 1. The molecule has 0 aliphatic carbocycles. The van der Waals surface area contributed by atoms with Crippen molar-refractivity contribution in [2.24, 2.45) is 0 Å². The number of rotatable bonds is 6. The maximum absolute atomic E-state index is 12.6. The van der Waals surface area contributed by atoms with Gasteiger partial charge in [-0.2, -0.15) is 0 Å². The zero-order chi connectivity index (χ0) is 17.8. The second-order valence-electron chi connectivity index (χ2n) is 5.65. The van der Waals surface area contributed by atoms with E-state index in [2.05, 4.69) is 10.3 Å². The Bertz CT molecular complexity index is 948. The number of aromatic nitrogens is 2. The summed E-state index contributed by atoms with van der Waals surface area (Å²) in [4.78, 5) is 32.0. The molecule has 1 amide bonds. The van der Waals surface area contributed by atoms with Crippen LogP contribution in [0.4, 0.5) is 0 Å². The minimum atomic E-state index is -0.179. The second-order valence-corrected chi connectivity index (χ2v) is 8.02. The van der Waals surface area contributed by atoms with Crippen molar-refractivity contribution >= 4 is 39.2 Å². The van der Waals surface area contributed by atoms with E-state index < -0.39 is 0 Å². The van der Waals surface area contributed by atoms with Gasteiger partial charge in [-0.1, -0.05) is 18.2 Å². The maximum Gasteiger partial charge on any atom is 0.262 e. The number of hydrogen-bond donors (Lipinski definition) is 1. The van der Waals surface area contributed by atoms with Crippen molar-refractivity contribution in [2.45, 2.75) is 25.3 Å². The number of thiophene rings is 1. The van der Waals surface area contributed by atoms with Crippen LogP contribution in [0, 0.1) is 13.8 Å². The Labute approximate surface area is 154 Å². The monoisotopic (exact) mass is 373 g/mol. The molecule has 25 heavy (non-hydrogen) atoms. The number of carbonyl (C=O) groups excluding carboxylic acids is 1. The van der Waals surface area contributed by atoms with Crippen LogP contribution in [0.1, 0.15) is 10.4 Å². The maximum atomic E-state index is 12.6. The summed E-state index contributed by atoms with van der Waals surface area (Å²) in [6.07, 6.45) is 1.46. The number of nitrogens with zero attached hydrogens (tertiary/aromatic N) is 2. The molecule has 0 aliphatic rings. The third-order valence-corrected chi connectivity index (χ3v) is 6.03. The van der Waals surface area contributed by atoms with Crippen LogP contribution in [0.2, 0.25) is 0 Å². The number of carbonyl (C=O) groups is 1. The van der Waals surface area contributed by atoms with Crippen LogP contribution in [0.25, 0.3) is 10.2 Å². The van der Waals surface area contributed by atoms with Gasteiger partial charge in [0.15, 0.2) is 0 Å². The predicted molar refractivity (Wildman–Crippen MR) is 104 cm³/mol. The molecule has 0 spiro atoms. The van der Waals surface area contributed by atoms with Gasteiger partial charge in [-0.05, 0) is 31.5 Å². The second kappa shape index (κ2) is 7.84. The molecule has 7 heteroatoms. The molecule has 1 N–H and O–H groups in total. The Balaban J connectivity index is 1.58. The minimum Gasteiger partial charge on any atom is -0.354 e. The molecule has 2 aromatic heterocycles. The quantitative estimate of drug-likeness (QED) is 0.533. The summed E-state index contributed by atoms with van der Waals surface area (Å²) in [5.74, 6) is 0.603. The number of benzene rings is 1. The third kappa shape index (κ3) is 4.11. The first-order chi connectivity index (χ1) is 12.1. The number of hydrogen-bond acceptors (Lipinski definition) is 5. The lowest BCUT2D eigenvalue weighted by Gasteiger charge is -2.07. The van der Waals surface area contributed by atoms with Crippen molar-refractivity contribution in [2.75, 3.05) is 12.3 Å². The molecule has 3 aromatic rings. The summed E-state index contributed by atoms with van der Waals surface area (Å²) < 4.78 is 1.38. The summed E-state index contributed by atoms with van der Waals surface area (Å²) in [6.45, 7) is 4.44. The van der Waals surface area contributed by atoms with E-state index >= 15 is 0 Å². The van der Waals surface area contributed by atoms with E-state index in [1.165, 1.54) is 27.1 Å². The van der Waals surface area contributed by atoms with E-state index in [1.807, 2.05) is 44.2 Å². The minimum absolute atomic E-state index is 0.00783. The van der Waals surface area contributed by atoms with E-state index in [0.717, 1.165) is 21.0 Å². The van der Waals surface area contributed by atoms with Crippen LogP contribution in [0.3, 0.4) is 0 Å². The predicted octanol–water partition coefficient (Wildman–Crippen LogP) is 2.98. The van der Waals surface area contributed by atoms with Crippen molar-refractivity contribution in [1.82, 2.24) is 14.9 Å². The number of amides is 1. The molecule has 0 radical (unpaired) electrons. The first kappa shape index (κ1) is 17.7. The fourth-order valence-corrected chi connectivity index (χ4v) is 4.25. The molecule has 5 nitrogen and oxygen atoms in total. The first-order valence-electron chi connectivity index (χ1n) is 7.96. The topological polar surface area (TPSA) is 64.0 Å². The summed E-state index contributed by atoms with van der Waals surface area (Å²) >= 11 is 3.19. The Morgan fingerprint density at radius 2 is 2.04 bits per heavy atom. The Hall–Kier alpha value is -2.12. The molecular weight excluding hydrogens is 354 g/mol. The Morgan fingerprint density at radius 3 is 2.80 bits per heavy atom. The van der Waals surface area contributed by atoms with Gasteiger partial charge in [-0.3, -0.25) is 14.2 Å². The molecule has 0 fully saturated rings. The van der Waals surface area contributed by atoms with Gasteiger partial charge in [-0.15, -0.1) is 23.1 Å². The smallest absolute Gasteiger partial charge is 0.262 e. The van der Waals surface area contributed by atoms with Crippen molar-refractivity contribution in [1.29, 1.82) is 0 Å². The summed E-state index contributed by atoms with van der Waals surface area (Å²) in [5.41, 5.74) is 0.798. The average Bonchev–Trinajstić information content (AvgIpc) is 2.90. The zero-order valence-corrected chi connectivity index (χ0v) is 15.7. The fraction of sp³-hybridized carbons (Fsp3) is 0.278. The van der Waals surface area contributed by atoms with E-state index in [-0.39, 0.29) is 18.0 Å². The van der Waals surface area contributed by atoms with E-state index in [0.29, 0.717) is 11.9 Å². The van der Waals surface area contributed by atoms with Crippen LogP contribution in [-0.2, 0) is 11.3 Å². The third-order valence-electron chi connectivity index (χ3n) is 3.91. The Morgan fingerprint density at radius 1 is 1.28 bits per heavy atom. The largest absolute Gasteiger partial charge is 0.354 e. The first-order valence-corrected chi connectivity index (χ1v) is 9.76. The SMILES string of the molecule is Cc1sc2ncn(CC(=O)NCCSc3ccccc3)c(=O)c2c1C. The van der Waals surface area contributed by atoms with Crippen molar-refractivity contribution in [3.63, 3.8) is 0 Å². The molecule has 0 atom stereocenters. The highest BCUT2D eigenvalue weighted by Gasteiger charge is 2.13. The molecule has 130 valence electrons. The van der Waals surface area contributed by atoms with Crippen molar-refractivity contribution in [3.8, 4) is 0 Å². The van der Waals surface area contributed by atoms with E-state index in [4.69, 9.17) is 0 Å². The van der Waals surface area contributed by atoms with E-state index in [9.17, 15) is 9.59 Å². The van der Waals surface area contributed by atoms with Gasteiger partial charge in [-0.25, -0.2) is 4.98 Å². The van der Waals surface area contributed by atoms with Crippen LogP contribution in [0.5, 0.6) is 0 Å². The lowest BCUT2D eigenvalue weighted by Crippen LogP contribution is -2.33. The molecule has 0 saturated heterocycles. The fourth-order valence-electron chi connectivity index (χ4n) is 2.47. The normalized spacial score (nSPS) is 11.0.